The van der Waals surface area contributed by atoms with Crippen molar-refractivity contribution in [1.29, 1.82) is 0 Å². The predicted molar refractivity (Wildman–Crippen MR) is 108 cm³/mol. The summed E-state index contributed by atoms with van der Waals surface area (Å²) in [6.07, 6.45) is 1.42. The molecule has 2 heterocycles. The van der Waals surface area contributed by atoms with Crippen LogP contribution in [0.4, 0.5) is 4.79 Å². The third-order valence-electron chi connectivity index (χ3n) is 5.39. The molecule has 1 fully saturated rings. The Kier molecular flexibility index (Phi) is 5.07. The number of urea groups is 1. The molecule has 29 heavy (non-hydrogen) atoms. The van der Waals surface area contributed by atoms with Crippen molar-refractivity contribution < 1.29 is 14.7 Å². The zero-order valence-electron chi connectivity index (χ0n) is 15.8. The second-order valence-electron chi connectivity index (χ2n) is 7.20. The van der Waals surface area contributed by atoms with Gasteiger partial charge in [-0.3, -0.25) is 4.57 Å². The van der Waals surface area contributed by atoms with Crippen LogP contribution in [0.2, 0.25) is 0 Å². The number of nitrogens with zero attached hydrogens (tertiary/aromatic N) is 2. The number of hydrogen-bond acceptors (Lipinski definition) is 3. The first kappa shape index (κ1) is 18.8. The Hall–Kier alpha value is -3.55. The lowest BCUT2D eigenvalue weighted by atomic mass is 10.0. The number of H-pyrrole nitrogens is 1. The number of imidazole rings is 1. The number of aromatic amines is 1. The van der Waals surface area contributed by atoms with Crippen LogP contribution < -0.4 is 11.0 Å². The van der Waals surface area contributed by atoms with Crippen molar-refractivity contribution in [2.24, 2.45) is 0 Å². The van der Waals surface area contributed by atoms with Crippen molar-refractivity contribution in [2.45, 2.75) is 25.4 Å². The summed E-state index contributed by atoms with van der Waals surface area (Å²) in [5, 5.41) is 11.8. The average molecular weight is 394 g/mol. The molecule has 3 aromatic rings. The van der Waals surface area contributed by atoms with Gasteiger partial charge in [0.15, 0.2) is 0 Å². The van der Waals surface area contributed by atoms with Crippen LogP contribution in [0, 0.1) is 0 Å². The summed E-state index contributed by atoms with van der Waals surface area (Å²) in [5.41, 5.74) is 2.66. The molecule has 1 saturated heterocycles. The van der Waals surface area contributed by atoms with Crippen LogP contribution in [-0.2, 0) is 6.54 Å². The highest BCUT2D eigenvalue weighted by molar-refractivity contribution is 5.87. The number of carboxylic acid groups (broad SMARTS) is 1. The monoisotopic (exact) mass is 394 g/mol. The maximum Gasteiger partial charge on any atom is 0.335 e. The SMILES string of the molecule is O=C(O)c1ccc(CNC(=O)N2CCC(n3c(=O)[nH]c4ccccc43)CC2)cc1. The van der Waals surface area contributed by atoms with Crippen LogP contribution >= 0.6 is 0 Å². The number of piperidine rings is 1. The van der Waals surface area contributed by atoms with E-state index in [0.29, 0.717) is 32.5 Å². The molecule has 1 aromatic heterocycles. The minimum atomic E-state index is -0.974. The molecule has 1 aliphatic heterocycles. The summed E-state index contributed by atoms with van der Waals surface area (Å²) in [7, 11) is 0. The Bertz CT molecular complexity index is 1090. The Balaban J connectivity index is 1.34. The van der Waals surface area contributed by atoms with E-state index in [4.69, 9.17) is 5.11 Å². The number of aromatic nitrogens is 2. The highest BCUT2D eigenvalue weighted by atomic mass is 16.4. The van der Waals surface area contributed by atoms with Crippen molar-refractivity contribution >= 4 is 23.0 Å². The van der Waals surface area contributed by atoms with Gasteiger partial charge in [0.1, 0.15) is 0 Å². The molecule has 0 unspecified atom stereocenters. The number of amides is 2. The normalized spacial score (nSPS) is 14.8. The Labute approximate surface area is 166 Å². The van der Waals surface area contributed by atoms with Crippen molar-refractivity contribution in [1.82, 2.24) is 19.8 Å². The number of likely N-dealkylation sites (tertiary alicyclic amines) is 1. The van der Waals surface area contributed by atoms with Crippen molar-refractivity contribution in [3.63, 3.8) is 0 Å². The van der Waals surface area contributed by atoms with Gasteiger partial charge in [-0.1, -0.05) is 24.3 Å². The maximum absolute atomic E-state index is 12.5. The van der Waals surface area contributed by atoms with Crippen LogP contribution in [-0.4, -0.2) is 44.6 Å². The molecule has 0 saturated carbocycles. The quantitative estimate of drug-likeness (QED) is 0.632. The first-order valence-corrected chi connectivity index (χ1v) is 9.57. The zero-order valence-corrected chi connectivity index (χ0v) is 15.8. The number of carboxylic acids is 1. The van der Waals surface area contributed by atoms with Gasteiger partial charge in [0.25, 0.3) is 0 Å². The van der Waals surface area contributed by atoms with Crippen LogP contribution in [0.1, 0.15) is 34.8 Å². The largest absolute Gasteiger partial charge is 0.478 e. The number of hydrogen-bond donors (Lipinski definition) is 3. The zero-order chi connectivity index (χ0) is 20.4. The predicted octanol–water partition coefficient (Wildman–Crippen LogP) is 2.57. The van der Waals surface area contributed by atoms with Gasteiger partial charge in [0.2, 0.25) is 0 Å². The Morgan fingerprint density at radius 2 is 1.76 bits per heavy atom. The fraction of sp³-hybridized carbons (Fsp3) is 0.286. The molecule has 2 amide bonds. The molecule has 2 aromatic carbocycles. The van der Waals surface area contributed by atoms with Crippen molar-refractivity contribution in [3.8, 4) is 0 Å². The molecule has 8 heteroatoms. The van der Waals surface area contributed by atoms with Gasteiger partial charge in [-0.15, -0.1) is 0 Å². The molecule has 0 radical (unpaired) electrons. The van der Waals surface area contributed by atoms with Gasteiger partial charge in [0, 0.05) is 25.7 Å². The summed E-state index contributed by atoms with van der Waals surface area (Å²) in [5.74, 6) is -0.974. The number of para-hydroxylation sites is 2. The lowest BCUT2D eigenvalue weighted by molar-refractivity contribution is 0.0697. The lowest BCUT2D eigenvalue weighted by Crippen LogP contribution is -2.45. The first-order chi connectivity index (χ1) is 14.0. The van der Waals surface area contributed by atoms with E-state index in [1.54, 1.807) is 21.6 Å². The Morgan fingerprint density at radius 1 is 1.07 bits per heavy atom. The van der Waals surface area contributed by atoms with E-state index in [1.165, 1.54) is 12.1 Å². The average Bonchev–Trinajstić information content (AvgIpc) is 3.08. The highest BCUT2D eigenvalue weighted by Gasteiger charge is 2.25. The summed E-state index contributed by atoms with van der Waals surface area (Å²) in [6, 6.07) is 14.0. The van der Waals surface area contributed by atoms with Gasteiger partial charge in [-0.2, -0.15) is 0 Å². The molecule has 0 bridgehead atoms. The van der Waals surface area contributed by atoms with E-state index in [2.05, 4.69) is 10.3 Å². The molecule has 0 aliphatic carbocycles. The maximum atomic E-state index is 12.5. The molecule has 150 valence electrons. The minimum absolute atomic E-state index is 0.0614. The minimum Gasteiger partial charge on any atom is -0.478 e. The number of fused-ring (bicyclic) bond motifs is 1. The van der Waals surface area contributed by atoms with Crippen LogP contribution in [0.5, 0.6) is 0 Å². The fourth-order valence-corrected chi connectivity index (χ4v) is 3.82. The number of nitrogens with one attached hydrogen (secondary N) is 2. The molecule has 0 atom stereocenters. The van der Waals surface area contributed by atoms with Gasteiger partial charge < -0.3 is 20.3 Å². The molecule has 4 rings (SSSR count). The molecule has 1 aliphatic rings. The highest BCUT2D eigenvalue weighted by Crippen LogP contribution is 2.24. The number of carbonyl (C=O) groups is 2. The molecular weight excluding hydrogens is 372 g/mol. The van der Waals surface area contributed by atoms with Gasteiger partial charge in [-0.05, 0) is 42.7 Å². The van der Waals surface area contributed by atoms with Gasteiger partial charge >= 0.3 is 17.7 Å². The van der Waals surface area contributed by atoms with E-state index in [1.807, 2.05) is 24.3 Å². The number of rotatable bonds is 4. The smallest absolute Gasteiger partial charge is 0.335 e. The van der Waals surface area contributed by atoms with Crippen LogP contribution in [0.15, 0.2) is 53.3 Å². The summed E-state index contributed by atoms with van der Waals surface area (Å²) >= 11 is 0. The van der Waals surface area contributed by atoms with E-state index >= 15 is 0 Å². The second kappa shape index (κ2) is 7.83. The summed E-state index contributed by atoms with van der Waals surface area (Å²) in [6.45, 7) is 1.47. The third-order valence-corrected chi connectivity index (χ3v) is 5.39. The van der Waals surface area contributed by atoms with Crippen molar-refractivity contribution in [2.75, 3.05) is 13.1 Å². The molecule has 0 spiro atoms. The Morgan fingerprint density at radius 3 is 2.45 bits per heavy atom. The van der Waals surface area contributed by atoms with Gasteiger partial charge in [0.05, 0.1) is 16.6 Å². The van der Waals surface area contributed by atoms with E-state index in [-0.39, 0.29) is 23.3 Å². The summed E-state index contributed by atoms with van der Waals surface area (Å²) in [4.78, 5) is 40.3. The van der Waals surface area contributed by atoms with Crippen LogP contribution in [0.25, 0.3) is 11.0 Å². The van der Waals surface area contributed by atoms with E-state index in [0.717, 1.165) is 16.6 Å². The second-order valence-corrected chi connectivity index (χ2v) is 7.20. The summed E-state index contributed by atoms with van der Waals surface area (Å²) < 4.78 is 1.80. The molecule has 8 nitrogen and oxygen atoms in total. The van der Waals surface area contributed by atoms with Crippen molar-refractivity contribution in [3.05, 3.63) is 70.1 Å². The standard InChI is InChI=1S/C21H22N4O4/c26-19(27)15-7-5-14(6-8-15)13-22-20(28)24-11-9-16(10-12-24)25-18-4-2-1-3-17(18)23-21(25)29/h1-8,16H,9-13H2,(H,22,28)(H,23,29)(H,26,27). The number of carbonyl (C=O) groups excluding carboxylic acids is 1. The molecule has 3 N–H and O–H groups in total. The van der Waals surface area contributed by atoms with E-state index in [9.17, 15) is 14.4 Å². The lowest BCUT2D eigenvalue weighted by Gasteiger charge is -2.32. The van der Waals surface area contributed by atoms with E-state index < -0.39 is 5.97 Å². The molecular formula is C21H22N4O4. The topological polar surface area (TPSA) is 107 Å². The first-order valence-electron chi connectivity index (χ1n) is 9.57. The fourth-order valence-electron chi connectivity index (χ4n) is 3.82. The third kappa shape index (κ3) is 3.87. The number of aromatic carboxylic acids is 1. The van der Waals surface area contributed by atoms with Gasteiger partial charge in [-0.25, -0.2) is 14.4 Å². The number of benzene rings is 2. The van der Waals surface area contributed by atoms with Crippen LogP contribution in [0.3, 0.4) is 0 Å².